The Hall–Kier alpha value is -3.29. The number of fused-ring (bicyclic) bond motifs is 1. The average Bonchev–Trinajstić information content (AvgIpc) is 3.27. The Labute approximate surface area is 173 Å². The van der Waals surface area contributed by atoms with E-state index in [0.717, 1.165) is 29.1 Å². The number of ketones is 1. The topological polar surface area (TPSA) is 89.9 Å². The Morgan fingerprint density at radius 3 is 2.63 bits per heavy atom. The first-order valence-corrected chi connectivity index (χ1v) is 10.1. The van der Waals surface area contributed by atoms with Crippen LogP contribution in [0.4, 0.5) is 4.79 Å². The molecule has 8 nitrogen and oxygen atoms in total. The van der Waals surface area contributed by atoms with Gasteiger partial charge in [0.05, 0.1) is 6.54 Å². The van der Waals surface area contributed by atoms with Gasteiger partial charge in [-0.05, 0) is 57.4 Å². The molecule has 2 fully saturated rings. The van der Waals surface area contributed by atoms with Crippen LogP contribution in [0.3, 0.4) is 0 Å². The van der Waals surface area contributed by atoms with Gasteiger partial charge in [0, 0.05) is 23.0 Å². The summed E-state index contributed by atoms with van der Waals surface area (Å²) in [5.41, 5.74) is 1.79. The maximum absolute atomic E-state index is 13.2. The molecule has 3 aliphatic rings. The van der Waals surface area contributed by atoms with Gasteiger partial charge in [-0.2, -0.15) is 0 Å². The minimum absolute atomic E-state index is 0.121. The van der Waals surface area contributed by atoms with E-state index < -0.39 is 17.5 Å². The maximum Gasteiger partial charge on any atom is 0.325 e. The molecule has 1 aromatic heterocycles. The predicted octanol–water partition coefficient (Wildman–Crippen LogP) is 2.82. The monoisotopic (exact) mass is 409 g/mol. The zero-order valence-electron chi connectivity index (χ0n) is 17.2. The van der Waals surface area contributed by atoms with Crippen LogP contribution in [-0.2, 0) is 10.3 Å². The van der Waals surface area contributed by atoms with Crippen molar-refractivity contribution in [3.05, 3.63) is 46.8 Å². The number of amides is 3. The summed E-state index contributed by atoms with van der Waals surface area (Å²) >= 11 is 0. The molecule has 2 aromatic rings. The van der Waals surface area contributed by atoms with Crippen molar-refractivity contribution in [2.45, 2.75) is 45.2 Å². The first-order valence-electron chi connectivity index (χ1n) is 10.1. The minimum atomic E-state index is -1.27. The number of benzene rings is 1. The number of hydrogen-bond donors (Lipinski definition) is 1. The summed E-state index contributed by atoms with van der Waals surface area (Å²) in [6.45, 7) is 5.36. The lowest BCUT2D eigenvalue weighted by molar-refractivity contribution is -0.130. The van der Waals surface area contributed by atoms with Crippen LogP contribution in [0.15, 0.2) is 24.3 Å². The van der Waals surface area contributed by atoms with E-state index in [2.05, 4.69) is 9.88 Å². The van der Waals surface area contributed by atoms with E-state index >= 15 is 0 Å². The van der Waals surface area contributed by atoms with Gasteiger partial charge in [0.25, 0.3) is 5.91 Å². The Morgan fingerprint density at radius 1 is 1.17 bits per heavy atom. The van der Waals surface area contributed by atoms with Gasteiger partial charge in [0.2, 0.25) is 6.79 Å². The summed E-state index contributed by atoms with van der Waals surface area (Å²) in [5, 5.41) is 2.74. The molecule has 8 heteroatoms. The maximum atomic E-state index is 13.2. The van der Waals surface area contributed by atoms with Gasteiger partial charge in [-0.15, -0.1) is 0 Å². The molecule has 5 rings (SSSR count). The summed E-state index contributed by atoms with van der Waals surface area (Å²) in [6, 6.07) is 6.85. The van der Waals surface area contributed by atoms with Crippen molar-refractivity contribution < 1.29 is 23.9 Å². The molecule has 30 heavy (non-hydrogen) atoms. The molecule has 0 unspecified atom stereocenters. The number of nitrogens with one attached hydrogen (secondary N) is 1. The van der Waals surface area contributed by atoms with Crippen molar-refractivity contribution in [3.8, 4) is 11.5 Å². The van der Waals surface area contributed by atoms with Gasteiger partial charge in [-0.25, -0.2) is 4.79 Å². The second kappa shape index (κ2) is 6.35. The molecule has 1 atom stereocenters. The van der Waals surface area contributed by atoms with Crippen molar-refractivity contribution in [1.29, 1.82) is 0 Å². The molecule has 1 aromatic carbocycles. The van der Waals surface area contributed by atoms with Crippen LogP contribution in [0.1, 0.15) is 53.1 Å². The first kappa shape index (κ1) is 18.7. The van der Waals surface area contributed by atoms with Gasteiger partial charge in [-0.3, -0.25) is 14.5 Å². The van der Waals surface area contributed by atoms with E-state index in [9.17, 15) is 14.4 Å². The lowest BCUT2D eigenvalue weighted by Gasteiger charge is -2.22. The van der Waals surface area contributed by atoms with Crippen molar-refractivity contribution in [2.24, 2.45) is 0 Å². The van der Waals surface area contributed by atoms with Crippen molar-refractivity contribution in [3.63, 3.8) is 0 Å². The highest BCUT2D eigenvalue weighted by atomic mass is 16.7. The predicted molar refractivity (Wildman–Crippen MR) is 107 cm³/mol. The quantitative estimate of drug-likeness (QED) is 0.606. The van der Waals surface area contributed by atoms with E-state index in [-0.39, 0.29) is 19.1 Å². The number of ether oxygens (including phenoxy) is 2. The third-order valence-electron chi connectivity index (χ3n) is 6.22. The molecule has 1 saturated carbocycles. The van der Waals surface area contributed by atoms with Gasteiger partial charge in [0.1, 0.15) is 5.54 Å². The largest absolute Gasteiger partial charge is 0.454 e. The minimum Gasteiger partial charge on any atom is -0.454 e. The van der Waals surface area contributed by atoms with Gasteiger partial charge >= 0.3 is 6.03 Å². The summed E-state index contributed by atoms with van der Waals surface area (Å²) in [7, 11) is 0. The van der Waals surface area contributed by atoms with Crippen LogP contribution in [0.25, 0.3) is 0 Å². The van der Waals surface area contributed by atoms with Crippen LogP contribution in [0.2, 0.25) is 0 Å². The normalized spacial score (nSPS) is 22.6. The van der Waals surface area contributed by atoms with Gasteiger partial charge < -0.3 is 19.4 Å². The third kappa shape index (κ3) is 2.70. The molecule has 2 aliphatic heterocycles. The Balaban J connectivity index is 1.40. The van der Waals surface area contributed by atoms with E-state index in [1.54, 1.807) is 25.1 Å². The van der Waals surface area contributed by atoms with E-state index in [1.165, 1.54) is 0 Å². The molecule has 1 N–H and O–H groups in total. The molecule has 156 valence electrons. The summed E-state index contributed by atoms with van der Waals surface area (Å²) in [6.07, 6.45) is 2.23. The molecular formula is C22H23N3O5. The standard InChI is InChI=1S/C22H23N3O5/c1-12-8-16(13(2)25(12)15-5-6-15)17(26)10-24-20(27)22(3,23-21(24)28)14-4-7-18-19(9-14)30-11-29-18/h4,7-9,15H,5-6,10-11H2,1-3H3,(H,23,28)/t22-/m1/s1. The Morgan fingerprint density at radius 2 is 1.90 bits per heavy atom. The third-order valence-corrected chi connectivity index (χ3v) is 6.22. The molecule has 1 aliphatic carbocycles. The molecular weight excluding hydrogens is 386 g/mol. The van der Waals surface area contributed by atoms with Crippen LogP contribution in [0.5, 0.6) is 11.5 Å². The fourth-order valence-corrected chi connectivity index (χ4v) is 4.43. The summed E-state index contributed by atoms with van der Waals surface area (Å²) < 4.78 is 12.9. The number of Topliss-reactive ketones (excluding diaryl/α,β-unsaturated/α-hetero) is 1. The summed E-state index contributed by atoms with van der Waals surface area (Å²) in [4.78, 5) is 39.8. The highest BCUT2D eigenvalue weighted by molar-refractivity contribution is 6.11. The molecule has 1 saturated heterocycles. The number of hydrogen-bond acceptors (Lipinski definition) is 5. The van der Waals surface area contributed by atoms with Crippen LogP contribution >= 0.6 is 0 Å². The highest BCUT2D eigenvalue weighted by Gasteiger charge is 2.50. The number of nitrogens with zero attached hydrogens (tertiary/aromatic N) is 2. The second-order valence-corrected chi connectivity index (χ2v) is 8.32. The highest BCUT2D eigenvalue weighted by Crippen LogP contribution is 2.39. The Bertz CT molecular complexity index is 1100. The summed E-state index contributed by atoms with van der Waals surface area (Å²) in [5.74, 6) is 0.416. The smallest absolute Gasteiger partial charge is 0.325 e. The fraction of sp³-hybridized carbons (Fsp3) is 0.409. The zero-order valence-corrected chi connectivity index (χ0v) is 17.2. The van der Waals surface area contributed by atoms with E-state index in [4.69, 9.17) is 9.47 Å². The van der Waals surface area contributed by atoms with Crippen LogP contribution < -0.4 is 14.8 Å². The van der Waals surface area contributed by atoms with Gasteiger partial charge in [0.15, 0.2) is 17.3 Å². The number of aryl methyl sites for hydroxylation is 1. The van der Waals surface area contributed by atoms with E-state index in [1.807, 2.05) is 19.9 Å². The average molecular weight is 409 g/mol. The number of carbonyl (C=O) groups is 3. The molecule has 3 heterocycles. The number of aromatic nitrogens is 1. The number of imide groups is 1. The fourth-order valence-electron chi connectivity index (χ4n) is 4.43. The van der Waals surface area contributed by atoms with Crippen LogP contribution in [0, 0.1) is 13.8 Å². The van der Waals surface area contributed by atoms with Gasteiger partial charge in [-0.1, -0.05) is 6.07 Å². The second-order valence-electron chi connectivity index (χ2n) is 8.32. The molecule has 0 radical (unpaired) electrons. The first-order chi connectivity index (χ1) is 14.3. The molecule has 0 spiro atoms. The van der Waals surface area contributed by atoms with E-state index in [0.29, 0.717) is 28.7 Å². The Kier molecular flexibility index (Phi) is 3.96. The van der Waals surface area contributed by atoms with Crippen molar-refractivity contribution >= 4 is 17.7 Å². The van der Waals surface area contributed by atoms with Crippen molar-refractivity contribution in [2.75, 3.05) is 13.3 Å². The SMILES string of the molecule is Cc1cc(C(=O)CN2C(=O)N[C@](C)(c3ccc4c(c3)OCO4)C2=O)c(C)n1C1CC1. The number of carbonyl (C=O) groups excluding carboxylic acids is 3. The number of rotatable bonds is 5. The zero-order chi connectivity index (χ0) is 21.2. The van der Waals surface area contributed by atoms with Crippen LogP contribution in [-0.4, -0.2) is 40.5 Å². The lowest BCUT2D eigenvalue weighted by Crippen LogP contribution is -2.41. The van der Waals surface area contributed by atoms with Crippen molar-refractivity contribution in [1.82, 2.24) is 14.8 Å². The molecule has 0 bridgehead atoms. The number of urea groups is 1. The molecule has 3 amide bonds. The lowest BCUT2D eigenvalue weighted by atomic mass is 9.91.